The van der Waals surface area contributed by atoms with Crippen molar-refractivity contribution in [1.82, 2.24) is 14.9 Å². The number of nitrogens with two attached hydrogens (primary N) is 1. The van der Waals surface area contributed by atoms with Crippen molar-refractivity contribution in [2.45, 2.75) is 37.9 Å². The average molecular weight is 491 g/mol. The molecule has 2 aromatic carbocycles. The molecule has 33 heavy (non-hydrogen) atoms. The van der Waals surface area contributed by atoms with Crippen molar-refractivity contribution in [2.24, 2.45) is 0 Å². The summed E-state index contributed by atoms with van der Waals surface area (Å²) in [7, 11) is 0. The maximum atomic E-state index is 12.2. The fourth-order valence-electron chi connectivity index (χ4n) is 2.74. The van der Waals surface area contributed by atoms with Crippen LogP contribution in [0.3, 0.4) is 0 Å². The number of nitrogen functional groups attached to an aromatic ring is 1. The van der Waals surface area contributed by atoms with E-state index in [0.717, 1.165) is 11.8 Å². The number of hydrogen-bond donors (Lipinski definition) is 2. The zero-order chi connectivity index (χ0) is 24.2. The summed E-state index contributed by atoms with van der Waals surface area (Å²) in [6.07, 6.45) is 0. The second-order valence-electron chi connectivity index (χ2n) is 8.09. The summed E-state index contributed by atoms with van der Waals surface area (Å²) in [6, 6.07) is 11.6. The van der Waals surface area contributed by atoms with E-state index < -0.39 is 4.92 Å². The minimum Gasteiger partial charge on any atom is -0.486 e. The Morgan fingerprint density at radius 2 is 1.94 bits per heavy atom. The van der Waals surface area contributed by atoms with Crippen molar-refractivity contribution in [3.05, 3.63) is 69.0 Å². The van der Waals surface area contributed by atoms with Crippen LogP contribution in [0.2, 0.25) is 5.02 Å². The number of halogens is 1. The molecule has 1 aromatic heterocycles. The third kappa shape index (κ3) is 6.36. The maximum Gasteiger partial charge on any atom is 0.271 e. The number of amides is 1. The number of non-ortho nitro benzene ring substituents is 1. The number of nitro benzene ring substituents is 1. The van der Waals surface area contributed by atoms with Crippen molar-refractivity contribution in [3.63, 3.8) is 0 Å². The molecule has 0 radical (unpaired) electrons. The van der Waals surface area contributed by atoms with E-state index in [2.05, 4.69) is 36.3 Å². The number of ether oxygens (including phenoxy) is 1. The minimum absolute atomic E-state index is 0.0161. The first-order chi connectivity index (χ1) is 15.5. The summed E-state index contributed by atoms with van der Waals surface area (Å²) in [5.41, 5.74) is 1.36. The lowest BCUT2D eigenvalue weighted by Crippen LogP contribution is -2.18. The number of nitrogens with one attached hydrogen (secondary N) is 1. The molecule has 0 aliphatic carbocycles. The lowest BCUT2D eigenvalue weighted by molar-refractivity contribution is -0.384. The number of benzene rings is 2. The Balaban J connectivity index is 1.53. The molecular formula is C21H23ClN6O4S. The maximum absolute atomic E-state index is 12.2. The zero-order valence-corrected chi connectivity index (χ0v) is 19.8. The lowest BCUT2D eigenvalue weighted by Gasteiger charge is -2.19. The quantitative estimate of drug-likeness (QED) is 0.208. The van der Waals surface area contributed by atoms with Crippen LogP contribution in [0.15, 0.2) is 47.6 Å². The van der Waals surface area contributed by atoms with Crippen LogP contribution < -0.4 is 15.9 Å². The van der Waals surface area contributed by atoms with Gasteiger partial charge in [-0.3, -0.25) is 14.9 Å². The Morgan fingerprint density at radius 1 is 1.24 bits per heavy atom. The molecule has 0 fully saturated rings. The van der Waals surface area contributed by atoms with E-state index >= 15 is 0 Å². The Bertz CT molecular complexity index is 1160. The number of carbonyl (C=O) groups is 1. The summed E-state index contributed by atoms with van der Waals surface area (Å²) < 4.78 is 7.01. The largest absolute Gasteiger partial charge is 0.486 e. The van der Waals surface area contributed by atoms with Gasteiger partial charge in [-0.05, 0) is 29.2 Å². The normalized spacial score (nSPS) is 11.3. The Kier molecular flexibility index (Phi) is 7.44. The van der Waals surface area contributed by atoms with Crippen molar-refractivity contribution < 1.29 is 14.5 Å². The van der Waals surface area contributed by atoms with E-state index in [-0.39, 0.29) is 40.1 Å². The summed E-state index contributed by atoms with van der Waals surface area (Å²) in [5.74, 6) is 6.71. The van der Waals surface area contributed by atoms with E-state index in [1.807, 2.05) is 24.3 Å². The van der Waals surface area contributed by atoms with E-state index in [0.29, 0.717) is 16.7 Å². The van der Waals surface area contributed by atoms with Crippen LogP contribution in [0.1, 0.15) is 32.2 Å². The molecule has 0 saturated heterocycles. The highest BCUT2D eigenvalue weighted by Crippen LogP contribution is 2.27. The summed E-state index contributed by atoms with van der Waals surface area (Å²) >= 11 is 7.07. The molecule has 0 unspecified atom stereocenters. The monoisotopic (exact) mass is 490 g/mol. The molecule has 1 amide bonds. The molecule has 174 valence electrons. The van der Waals surface area contributed by atoms with E-state index in [1.54, 1.807) is 0 Å². The van der Waals surface area contributed by atoms with E-state index in [4.69, 9.17) is 22.2 Å². The Hall–Kier alpha value is -3.31. The van der Waals surface area contributed by atoms with Gasteiger partial charge in [-0.1, -0.05) is 56.3 Å². The van der Waals surface area contributed by atoms with Gasteiger partial charge < -0.3 is 15.9 Å². The fourth-order valence-corrected chi connectivity index (χ4v) is 3.64. The van der Waals surface area contributed by atoms with E-state index in [1.165, 1.54) is 28.4 Å². The molecule has 3 N–H and O–H groups in total. The highest BCUT2D eigenvalue weighted by atomic mass is 35.5. The topological polar surface area (TPSA) is 138 Å². The van der Waals surface area contributed by atoms with Crippen LogP contribution in [0.5, 0.6) is 5.75 Å². The molecule has 0 bridgehead atoms. The number of nitrogens with zero attached hydrogens (tertiary/aromatic N) is 4. The molecule has 0 aliphatic heterocycles. The number of anilines is 1. The zero-order valence-electron chi connectivity index (χ0n) is 18.2. The molecule has 12 heteroatoms. The fraction of sp³-hybridized carbons (Fsp3) is 0.286. The van der Waals surface area contributed by atoms with Crippen LogP contribution in [0.25, 0.3) is 0 Å². The summed E-state index contributed by atoms with van der Waals surface area (Å²) in [6.45, 7) is 6.53. The van der Waals surface area contributed by atoms with Gasteiger partial charge in [0.15, 0.2) is 5.82 Å². The predicted molar refractivity (Wildman–Crippen MR) is 127 cm³/mol. The van der Waals surface area contributed by atoms with Gasteiger partial charge in [-0.2, -0.15) is 0 Å². The smallest absolute Gasteiger partial charge is 0.271 e. The van der Waals surface area contributed by atoms with Crippen LogP contribution in [0.4, 0.5) is 11.4 Å². The molecule has 0 spiro atoms. The van der Waals surface area contributed by atoms with Crippen LogP contribution >= 0.6 is 23.4 Å². The highest BCUT2D eigenvalue weighted by Gasteiger charge is 2.16. The molecule has 1 heterocycles. The van der Waals surface area contributed by atoms with Crippen molar-refractivity contribution >= 4 is 40.6 Å². The standard InChI is InChI=1S/C21H23ClN6O4S/c1-21(2,3)13-4-7-15(8-5-13)32-11-18-25-26-20(27(18)23)33-12-19(29)24-17-9-6-14(28(30)31)10-16(17)22/h4-10H,11-12,23H2,1-3H3,(H,24,29). The number of rotatable bonds is 8. The van der Waals surface area contributed by atoms with Gasteiger partial charge in [0.1, 0.15) is 12.4 Å². The number of nitro groups is 1. The Morgan fingerprint density at radius 3 is 2.55 bits per heavy atom. The average Bonchev–Trinajstić information content (AvgIpc) is 3.11. The van der Waals surface area contributed by atoms with Crippen LogP contribution in [-0.4, -0.2) is 31.5 Å². The minimum atomic E-state index is -0.566. The van der Waals surface area contributed by atoms with Crippen molar-refractivity contribution in [3.8, 4) is 5.75 Å². The Labute approximate surface area is 199 Å². The molecule has 0 saturated carbocycles. The number of carbonyl (C=O) groups excluding carboxylic acids is 1. The first-order valence-electron chi connectivity index (χ1n) is 9.84. The molecule has 10 nitrogen and oxygen atoms in total. The molecule has 0 atom stereocenters. The SMILES string of the molecule is CC(C)(C)c1ccc(OCc2nnc(SCC(=O)Nc3ccc([N+](=O)[O-])cc3Cl)n2N)cc1. The van der Waals surface area contributed by atoms with Gasteiger partial charge in [0.2, 0.25) is 11.1 Å². The molecule has 3 aromatic rings. The van der Waals surface area contributed by atoms with Gasteiger partial charge in [0.05, 0.1) is 21.4 Å². The van der Waals surface area contributed by atoms with Gasteiger partial charge in [-0.15, -0.1) is 10.2 Å². The van der Waals surface area contributed by atoms with Crippen molar-refractivity contribution in [2.75, 3.05) is 16.9 Å². The predicted octanol–water partition coefficient (Wildman–Crippen LogP) is 4.16. The third-order valence-electron chi connectivity index (χ3n) is 4.59. The third-order valence-corrected chi connectivity index (χ3v) is 5.85. The van der Waals surface area contributed by atoms with Gasteiger partial charge in [0, 0.05) is 12.1 Å². The molecular weight excluding hydrogens is 468 g/mol. The second-order valence-corrected chi connectivity index (χ2v) is 9.44. The number of thioether (sulfide) groups is 1. The second kappa shape index (κ2) is 10.1. The number of aromatic nitrogens is 3. The highest BCUT2D eigenvalue weighted by molar-refractivity contribution is 7.99. The first kappa shape index (κ1) is 24.3. The van der Waals surface area contributed by atoms with Gasteiger partial charge in [0.25, 0.3) is 5.69 Å². The molecule has 3 rings (SSSR count). The van der Waals surface area contributed by atoms with E-state index in [9.17, 15) is 14.9 Å². The first-order valence-corrected chi connectivity index (χ1v) is 11.2. The molecule has 0 aliphatic rings. The summed E-state index contributed by atoms with van der Waals surface area (Å²) in [5, 5.41) is 21.8. The summed E-state index contributed by atoms with van der Waals surface area (Å²) in [4.78, 5) is 22.4. The van der Waals surface area contributed by atoms with Crippen molar-refractivity contribution in [1.29, 1.82) is 0 Å². The lowest BCUT2D eigenvalue weighted by atomic mass is 9.87. The number of hydrogen-bond acceptors (Lipinski definition) is 8. The van der Waals surface area contributed by atoms with Gasteiger partial charge in [-0.25, -0.2) is 4.68 Å². The van der Waals surface area contributed by atoms with Gasteiger partial charge >= 0.3 is 0 Å². The van der Waals surface area contributed by atoms with Crippen LogP contribution in [0, 0.1) is 10.1 Å². The van der Waals surface area contributed by atoms with Crippen LogP contribution in [-0.2, 0) is 16.8 Å².